The van der Waals surface area contributed by atoms with Crippen molar-refractivity contribution in [2.45, 2.75) is 50.7 Å². The molecule has 1 heterocycles. The number of hydrogen-bond donors (Lipinski definition) is 1. The highest BCUT2D eigenvalue weighted by Gasteiger charge is 2.23. The van der Waals surface area contributed by atoms with E-state index in [2.05, 4.69) is 34.6 Å². The Bertz CT molecular complexity index is 803. The summed E-state index contributed by atoms with van der Waals surface area (Å²) in [6.07, 6.45) is 14.0. The van der Waals surface area contributed by atoms with E-state index in [1.54, 1.807) is 18.4 Å². The summed E-state index contributed by atoms with van der Waals surface area (Å²) in [6.45, 7) is 0.990. The van der Waals surface area contributed by atoms with E-state index in [0.29, 0.717) is 6.04 Å². The molecule has 2 aromatic rings. The molecule has 5 heteroatoms. The standard InChI is InChI=1S/C21H26N2O2S/c1-24-18-8-5-9-19-20(18)23-21(26-19)25-17-12-10-16(11-13-17)22-14-15-6-3-2-4-7-15/h3,5-9,16-17,22H,2,4,10-14H2,1H3. The lowest BCUT2D eigenvalue weighted by Gasteiger charge is -2.29. The molecule has 0 spiro atoms. The van der Waals surface area contributed by atoms with Gasteiger partial charge in [0.1, 0.15) is 17.4 Å². The van der Waals surface area contributed by atoms with Crippen LogP contribution >= 0.6 is 11.3 Å². The van der Waals surface area contributed by atoms with Crippen LogP contribution in [0.25, 0.3) is 10.2 Å². The first-order valence-electron chi connectivity index (χ1n) is 9.51. The van der Waals surface area contributed by atoms with Crippen LogP contribution in [0.3, 0.4) is 0 Å². The maximum Gasteiger partial charge on any atom is 0.274 e. The van der Waals surface area contributed by atoms with Crippen LogP contribution in [0, 0.1) is 0 Å². The molecular formula is C21H26N2O2S. The number of methoxy groups -OCH3 is 1. The molecule has 4 nitrogen and oxygen atoms in total. The van der Waals surface area contributed by atoms with Crippen LogP contribution in [-0.2, 0) is 0 Å². The van der Waals surface area contributed by atoms with Gasteiger partial charge >= 0.3 is 0 Å². The van der Waals surface area contributed by atoms with Crippen molar-refractivity contribution in [3.8, 4) is 10.9 Å². The van der Waals surface area contributed by atoms with Gasteiger partial charge in [0, 0.05) is 12.6 Å². The minimum absolute atomic E-state index is 0.272. The number of fused-ring (bicyclic) bond motifs is 1. The predicted octanol–water partition coefficient (Wildman–Crippen LogP) is 4.86. The lowest BCUT2D eigenvalue weighted by molar-refractivity contribution is 0.140. The van der Waals surface area contributed by atoms with Crippen LogP contribution in [-0.4, -0.2) is 30.8 Å². The second-order valence-electron chi connectivity index (χ2n) is 7.02. The van der Waals surface area contributed by atoms with E-state index < -0.39 is 0 Å². The molecule has 1 aromatic heterocycles. The van der Waals surface area contributed by atoms with Crippen molar-refractivity contribution in [2.24, 2.45) is 0 Å². The van der Waals surface area contributed by atoms with Crippen LogP contribution in [0.1, 0.15) is 38.5 Å². The van der Waals surface area contributed by atoms with Crippen molar-refractivity contribution in [3.05, 3.63) is 42.0 Å². The van der Waals surface area contributed by atoms with E-state index in [4.69, 9.17) is 9.47 Å². The average molecular weight is 371 g/mol. The van der Waals surface area contributed by atoms with Gasteiger partial charge in [-0.2, -0.15) is 4.98 Å². The van der Waals surface area contributed by atoms with Gasteiger partial charge < -0.3 is 14.8 Å². The molecule has 1 N–H and O–H groups in total. The zero-order chi connectivity index (χ0) is 17.8. The van der Waals surface area contributed by atoms with Crippen LogP contribution < -0.4 is 14.8 Å². The molecule has 0 amide bonds. The topological polar surface area (TPSA) is 43.4 Å². The van der Waals surface area contributed by atoms with Crippen molar-refractivity contribution in [1.82, 2.24) is 10.3 Å². The summed E-state index contributed by atoms with van der Waals surface area (Å²) in [5.74, 6) is 0.813. The quantitative estimate of drug-likeness (QED) is 0.788. The van der Waals surface area contributed by atoms with Crippen molar-refractivity contribution < 1.29 is 9.47 Å². The zero-order valence-electron chi connectivity index (χ0n) is 15.2. The number of hydrogen-bond acceptors (Lipinski definition) is 5. The maximum absolute atomic E-state index is 6.18. The second-order valence-corrected chi connectivity index (χ2v) is 8.01. The normalized spacial score (nSPS) is 23.0. The molecule has 2 aliphatic carbocycles. The molecule has 26 heavy (non-hydrogen) atoms. The Labute approximate surface area is 158 Å². The Morgan fingerprint density at radius 3 is 2.85 bits per heavy atom. The molecule has 2 aliphatic rings. The van der Waals surface area contributed by atoms with Crippen LogP contribution in [0.15, 0.2) is 42.0 Å². The Morgan fingerprint density at radius 2 is 2.08 bits per heavy atom. The number of thiazole rings is 1. The lowest BCUT2D eigenvalue weighted by Crippen LogP contribution is -2.37. The number of aromatic nitrogens is 1. The van der Waals surface area contributed by atoms with Gasteiger partial charge in [0.2, 0.25) is 0 Å². The zero-order valence-corrected chi connectivity index (χ0v) is 16.1. The third-order valence-electron chi connectivity index (χ3n) is 5.19. The average Bonchev–Trinajstić information content (AvgIpc) is 3.10. The summed E-state index contributed by atoms with van der Waals surface area (Å²) in [5, 5.41) is 4.47. The summed E-state index contributed by atoms with van der Waals surface area (Å²) in [6, 6.07) is 6.61. The number of para-hydroxylation sites is 1. The van der Waals surface area contributed by atoms with Crippen LogP contribution in [0.4, 0.5) is 0 Å². The van der Waals surface area contributed by atoms with Gasteiger partial charge in [-0.3, -0.25) is 0 Å². The third-order valence-corrected chi connectivity index (χ3v) is 6.10. The highest BCUT2D eigenvalue weighted by molar-refractivity contribution is 7.20. The Morgan fingerprint density at radius 1 is 1.19 bits per heavy atom. The van der Waals surface area contributed by atoms with Crippen molar-refractivity contribution >= 4 is 21.6 Å². The fourth-order valence-electron chi connectivity index (χ4n) is 3.71. The fourth-order valence-corrected chi connectivity index (χ4v) is 4.61. The first-order chi connectivity index (χ1) is 12.8. The van der Waals surface area contributed by atoms with Gasteiger partial charge in [-0.15, -0.1) is 0 Å². The molecule has 0 saturated heterocycles. The molecule has 1 fully saturated rings. The number of rotatable bonds is 6. The van der Waals surface area contributed by atoms with Gasteiger partial charge in [0.25, 0.3) is 5.19 Å². The predicted molar refractivity (Wildman–Crippen MR) is 107 cm³/mol. The second kappa shape index (κ2) is 8.23. The summed E-state index contributed by atoms with van der Waals surface area (Å²) < 4.78 is 12.7. The Hall–Kier alpha value is -1.85. The minimum Gasteiger partial charge on any atom is -0.494 e. The fraction of sp³-hybridized carbons (Fsp3) is 0.476. The molecule has 0 bridgehead atoms. The van der Waals surface area contributed by atoms with Gasteiger partial charge in [0.05, 0.1) is 11.8 Å². The van der Waals surface area contributed by atoms with Crippen molar-refractivity contribution in [1.29, 1.82) is 0 Å². The van der Waals surface area contributed by atoms with Gasteiger partial charge in [-0.25, -0.2) is 0 Å². The van der Waals surface area contributed by atoms with E-state index in [9.17, 15) is 0 Å². The Balaban J connectivity index is 1.28. The maximum atomic E-state index is 6.18. The molecule has 0 unspecified atom stereocenters. The monoisotopic (exact) mass is 370 g/mol. The highest BCUT2D eigenvalue weighted by Crippen LogP contribution is 2.35. The lowest BCUT2D eigenvalue weighted by atomic mass is 9.92. The molecule has 0 atom stereocenters. The first kappa shape index (κ1) is 17.6. The van der Waals surface area contributed by atoms with Gasteiger partial charge in [-0.05, 0) is 56.2 Å². The summed E-state index contributed by atoms with van der Waals surface area (Å²) in [5.41, 5.74) is 2.33. The van der Waals surface area contributed by atoms with Crippen LogP contribution in [0.5, 0.6) is 10.9 Å². The van der Waals surface area contributed by atoms with E-state index >= 15 is 0 Å². The van der Waals surface area contributed by atoms with Crippen LogP contribution in [0.2, 0.25) is 0 Å². The first-order valence-corrected chi connectivity index (χ1v) is 10.3. The summed E-state index contributed by atoms with van der Waals surface area (Å²) in [7, 11) is 1.68. The largest absolute Gasteiger partial charge is 0.494 e. The van der Waals surface area contributed by atoms with E-state index in [1.165, 1.54) is 18.4 Å². The van der Waals surface area contributed by atoms with E-state index in [1.807, 2.05) is 12.1 Å². The number of ether oxygens (including phenoxy) is 2. The summed E-state index contributed by atoms with van der Waals surface area (Å²) >= 11 is 1.61. The van der Waals surface area contributed by atoms with Gasteiger partial charge in [0.15, 0.2) is 0 Å². The third kappa shape index (κ3) is 4.10. The van der Waals surface area contributed by atoms with Crippen molar-refractivity contribution in [3.63, 3.8) is 0 Å². The summed E-state index contributed by atoms with van der Waals surface area (Å²) in [4.78, 5) is 4.63. The number of allylic oxidation sites excluding steroid dienone is 2. The van der Waals surface area contributed by atoms with Gasteiger partial charge in [-0.1, -0.05) is 35.6 Å². The molecule has 0 aliphatic heterocycles. The van der Waals surface area contributed by atoms with E-state index in [-0.39, 0.29) is 6.10 Å². The number of nitrogens with zero attached hydrogens (tertiary/aromatic N) is 1. The SMILES string of the molecule is COc1cccc2sc(OC3CCC(NCC4=CCCC=C4)CC3)nc12. The van der Waals surface area contributed by atoms with Crippen molar-refractivity contribution in [2.75, 3.05) is 13.7 Å². The molecule has 1 saturated carbocycles. The number of benzene rings is 1. The smallest absolute Gasteiger partial charge is 0.274 e. The highest BCUT2D eigenvalue weighted by atomic mass is 32.1. The molecule has 1 aromatic carbocycles. The Kier molecular flexibility index (Phi) is 5.56. The van der Waals surface area contributed by atoms with E-state index in [0.717, 1.165) is 53.4 Å². The molecule has 138 valence electrons. The molecule has 0 radical (unpaired) electrons. The molecular weight excluding hydrogens is 344 g/mol. The molecule has 4 rings (SSSR count). The minimum atomic E-state index is 0.272. The number of nitrogens with one attached hydrogen (secondary N) is 1.